The van der Waals surface area contributed by atoms with Gasteiger partial charge in [0.2, 0.25) is 0 Å². The van der Waals surface area contributed by atoms with Crippen LogP contribution in [0.4, 0.5) is 0 Å². The van der Waals surface area contributed by atoms with Gasteiger partial charge in [-0.05, 0) is 26.7 Å². The summed E-state index contributed by atoms with van der Waals surface area (Å²) in [5.74, 6) is -2.65. The second-order valence-electron chi connectivity index (χ2n) is 3.47. The molecule has 0 aromatic carbocycles. The molecule has 1 aliphatic rings. The van der Waals surface area contributed by atoms with Crippen LogP contribution in [0.15, 0.2) is 0 Å². The van der Waals surface area contributed by atoms with E-state index in [1.165, 1.54) is 6.92 Å². The molecule has 4 heteroatoms. The summed E-state index contributed by atoms with van der Waals surface area (Å²) in [5.41, 5.74) is 0. The zero-order valence-electron chi connectivity index (χ0n) is 8.41. The molecule has 1 atom stereocenters. The molecule has 14 heavy (non-hydrogen) atoms. The van der Waals surface area contributed by atoms with E-state index in [4.69, 9.17) is 0 Å². The standard InChI is InChI=1S/C10H14O4/c1-3-14-10(13)8(6(2)11)9(12)7-4-5-7/h7-8H,3-5H2,1-2H3. The maximum absolute atomic E-state index is 11.5. The molecule has 0 spiro atoms. The van der Waals surface area contributed by atoms with E-state index in [-0.39, 0.29) is 18.3 Å². The number of carbonyl (C=O) groups excluding carboxylic acids is 3. The van der Waals surface area contributed by atoms with Gasteiger partial charge in [0.05, 0.1) is 6.61 Å². The summed E-state index contributed by atoms with van der Waals surface area (Å²) in [6.45, 7) is 3.10. The quantitative estimate of drug-likeness (QED) is 0.482. The number of Topliss-reactive ketones (excluding diaryl/α,β-unsaturated/α-hetero) is 2. The molecule has 0 aliphatic heterocycles. The van der Waals surface area contributed by atoms with Crippen molar-refractivity contribution in [2.75, 3.05) is 6.61 Å². The fraction of sp³-hybridized carbons (Fsp3) is 0.700. The third-order valence-electron chi connectivity index (χ3n) is 2.19. The van der Waals surface area contributed by atoms with Crippen molar-refractivity contribution in [3.05, 3.63) is 0 Å². The number of ether oxygens (including phenoxy) is 1. The lowest BCUT2D eigenvalue weighted by atomic mass is 9.97. The van der Waals surface area contributed by atoms with Gasteiger partial charge in [0.1, 0.15) is 0 Å². The average molecular weight is 198 g/mol. The zero-order valence-corrected chi connectivity index (χ0v) is 8.41. The average Bonchev–Trinajstić information content (AvgIpc) is 2.85. The molecule has 4 nitrogen and oxygen atoms in total. The molecule has 0 aromatic rings. The molecule has 1 unspecified atom stereocenters. The Labute approximate surface area is 82.6 Å². The van der Waals surface area contributed by atoms with Crippen molar-refractivity contribution >= 4 is 17.5 Å². The number of hydrogen-bond acceptors (Lipinski definition) is 4. The molecule has 0 amide bonds. The topological polar surface area (TPSA) is 60.4 Å². The zero-order chi connectivity index (χ0) is 10.7. The van der Waals surface area contributed by atoms with E-state index in [0.29, 0.717) is 0 Å². The van der Waals surface area contributed by atoms with Gasteiger partial charge in [-0.15, -0.1) is 0 Å². The molecule has 0 bridgehead atoms. The second kappa shape index (κ2) is 4.35. The van der Waals surface area contributed by atoms with Crippen molar-refractivity contribution in [1.82, 2.24) is 0 Å². The van der Waals surface area contributed by atoms with Crippen molar-refractivity contribution in [3.8, 4) is 0 Å². The first kappa shape index (κ1) is 10.9. The van der Waals surface area contributed by atoms with Crippen LogP contribution in [0, 0.1) is 11.8 Å². The Kier molecular flexibility index (Phi) is 3.38. The Bertz CT molecular complexity index is 265. The fourth-order valence-corrected chi connectivity index (χ4v) is 1.31. The van der Waals surface area contributed by atoms with Crippen LogP contribution < -0.4 is 0 Å². The molecular weight excluding hydrogens is 184 g/mol. The van der Waals surface area contributed by atoms with Crippen LogP contribution >= 0.6 is 0 Å². The van der Waals surface area contributed by atoms with Gasteiger partial charge < -0.3 is 4.74 Å². The van der Waals surface area contributed by atoms with E-state index in [2.05, 4.69) is 4.74 Å². The summed E-state index contributed by atoms with van der Waals surface area (Å²) in [6, 6.07) is 0. The maximum atomic E-state index is 11.5. The predicted molar refractivity (Wildman–Crippen MR) is 48.5 cm³/mol. The molecular formula is C10H14O4. The lowest BCUT2D eigenvalue weighted by molar-refractivity contribution is -0.154. The Morgan fingerprint density at radius 2 is 1.93 bits per heavy atom. The Morgan fingerprint density at radius 3 is 2.29 bits per heavy atom. The van der Waals surface area contributed by atoms with Crippen molar-refractivity contribution in [3.63, 3.8) is 0 Å². The number of ketones is 2. The molecule has 0 aromatic heterocycles. The highest BCUT2D eigenvalue weighted by Crippen LogP contribution is 2.33. The van der Waals surface area contributed by atoms with Gasteiger partial charge in [0, 0.05) is 5.92 Å². The van der Waals surface area contributed by atoms with Crippen LogP contribution in [0.25, 0.3) is 0 Å². The lowest BCUT2D eigenvalue weighted by Crippen LogP contribution is -2.33. The highest BCUT2D eigenvalue weighted by atomic mass is 16.5. The first-order chi connectivity index (χ1) is 6.57. The van der Waals surface area contributed by atoms with Crippen LogP contribution in [-0.4, -0.2) is 24.1 Å². The maximum Gasteiger partial charge on any atom is 0.324 e. The summed E-state index contributed by atoms with van der Waals surface area (Å²) in [5, 5.41) is 0. The van der Waals surface area contributed by atoms with Gasteiger partial charge in [-0.1, -0.05) is 0 Å². The second-order valence-corrected chi connectivity index (χ2v) is 3.47. The number of carbonyl (C=O) groups is 3. The van der Waals surface area contributed by atoms with E-state index in [1.807, 2.05) is 0 Å². The molecule has 0 saturated heterocycles. The molecule has 0 N–H and O–H groups in total. The molecule has 78 valence electrons. The Morgan fingerprint density at radius 1 is 1.36 bits per heavy atom. The normalized spacial score (nSPS) is 17.3. The number of esters is 1. The summed E-state index contributed by atoms with van der Waals surface area (Å²) in [6.07, 6.45) is 1.59. The summed E-state index contributed by atoms with van der Waals surface area (Å²) >= 11 is 0. The molecule has 1 aliphatic carbocycles. The molecule has 0 radical (unpaired) electrons. The smallest absolute Gasteiger partial charge is 0.324 e. The minimum absolute atomic E-state index is 0.0895. The lowest BCUT2D eigenvalue weighted by Gasteiger charge is -2.10. The highest BCUT2D eigenvalue weighted by Gasteiger charge is 2.41. The highest BCUT2D eigenvalue weighted by molar-refractivity contribution is 6.17. The Hall–Kier alpha value is -1.19. The fourth-order valence-electron chi connectivity index (χ4n) is 1.31. The van der Waals surface area contributed by atoms with Gasteiger partial charge in [0.15, 0.2) is 17.5 Å². The summed E-state index contributed by atoms with van der Waals surface area (Å²) in [4.78, 5) is 33.9. The van der Waals surface area contributed by atoms with Crippen molar-refractivity contribution in [2.45, 2.75) is 26.7 Å². The van der Waals surface area contributed by atoms with Gasteiger partial charge in [-0.3, -0.25) is 14.4 Å². The Balaban J connectivity index is 2.67. The molecule has 1 rings (SSSR count). The largest absolute Gasteiger partial charge is 0.465 e. The minimum atomic E-state index is -1.18. The van der Waals surface area contributed by atoms with Crippen LogP contribution in [-0.2, 0) is 19.1 Å². The summed E-state index contributed by atoms with van der Waals surface area (Å²) in [7, 11) is 0. The first-order valence-electron chi connectivity index (χ1n) is 4.78. The van der Waals surface area contributed by atoms with E-state index >= 15 is 0 Å². The third kappa shape index (κ3) is 2.40. The number of rotatable bonds is 5. The summed E-state index contributed by atoms with van der Waals surface area (Å²) < 4.78 is 4.68. The molecule has 1 saturated carbocycles. The van der Waals surface area contributed by atoms with Gasteiger partial charge in [0.25, 0.3) is 0 Å². The minimum Gasteiger partial charge on any atom is -0.465 e. The van der Waals surface area contributed by atoms with Gasteiger partial charge in [-0.25, -0.2) is 0 Å². The van der Waals surface area contributed by atoms with Crippen LogP contribution in [0.5, 0.6) is 0 Å². The van der Waals surface area contributed by atoms with E-state index in [0.717, 1.165) is 12.8 Å². The van der Waals surface area contributed by atoms with E-state index in [9.17, 15) is 14.4 Å². The van der Waals surface area contributed by atoms with Crippen LogP contribution in [0.1, 0.15) is 26.7 Å². The molecule has 1 fully saturated rings. The van der Waals surface area contributed by atoms with Crippen molar-refractivity contribution < 1.29 is 19.1 Å². The third-order valence-corrected chi connectivity index (χ3v) is 2.19. The van der Waals surface area contributed by atoms with Gasteiger partial charge >= 0.3 is 5.97 Å². The van der Waals surface area contributed by atoms with Crippen molar-refractivity contribution in [1.29, 1.82) is 0 Å². The monoisotopic (exact) mass is 198 g/mol. The number of hydrogen-bond donors (Lipinski definition) is 0. The van der Waals surface area contributed by atoms with Crippen LogP contribution in [0.2, 0.25) is 0 Å². The van der Waals surface area contributed by atoms with Gasteiger partial charge in [-0.2, -0.15) is 0 Å². The first-order valence-corrected chi connectivity index (χ1v) is 4.78. The van der Waals surface area contributed by atoms with Crippen LogP contribution in [0.3, 0.4) is 0 Å². The predicted octanol–water partition coefficient (Wildman–Crippen LogP) is 0.734. The SMILES string of the molecule is CCOC(=O)C(C(C)=O)C(=O)C1CC1. The van der Waals surface area contributed by atoms with Crippen molar-refractivity contribution in [2.24, 2.45) is 11.8 Å². The van der Waals surface area contributed by atoms with E-state index in [1.54, 1.807) is 6.92 Å². The molecule has 0 heterocycles. The van der Waals surface area contributed by atoms with E-state index < -0.39 is 17.7 Å².